The van der Waals surface area contributed by atoms with Crippen molar-refractivity contribution in [3.05, 3.63) is 40.5 Å². The van der Waals surface area contributed by atoms with Crippen LogP contribution < -0.4 is 4.74 Å². The zero-order valence-corrected chi connectivity index (χ0v) is 15.5. The number of carbonyl (C=O) groups is 1. The highest BCUT2D eigenvalue weighted by molar-refractivity contribution is 6.31. The number of aromatic nitrogens is 1. The molecular weight excluding hydrogens is 338 g/mol. The Kier molecular flexibility index (Phi) is 5.38. The molecule has 1 N–H and O–H groups in total. The lowest BCUT2D eigenvalue weighted by Crippen LogP contribution is -2.16. The number of ether oxygens (including phenoxy) is 1. The van der Waals surface area contributed by atoms with E-state index in [0.29, 0.717) is 22.3 Å². The van der Waals surface area contributed by atoms with Crippen LogP contribution in [0.3, 0.4) is 0 Å². The summed E-state index contributed by atoms with van der Waals surface area (Å²) in [7, 11) is 1.62. The van der Waals surface area contributed by atoms with Crippen molar-refractivity contribution in [1.82, 2.24) is 4.57 Å². The van der Waals surface area contributed by atoms with Gasteiger partial charge in [0.05, 0.1) is 18.4 Å². The molecule has 0 atom stereocenters. The second-order valence-corrected chi connectivity index (χ2v) is 7.23. The van der Waals surface area contributed by atoms with E-state index in [9.17, 15) is 9.90 Å². The number of hydrogen-bond acceptors (Lipinski definition) is 2. The lowest BCUT2D eigenvalue weighted by molar-refractivity contribution is 0.0696. The Balaban J connectivity index is 2.10. The minimum atomic E-state index is -0.901. The van der Waals surface area contributed by atoms with Gasteiger partial charge in [0.1, 0.15) is 5.75 Å². The van der Waals surface area contributed by atoms with Crippen molar-refractivity contribution in [1.29, 1.82) is 0 Å². The van der Waals surface area contributed by atoms with Gasteiger partial charge in [-0.25, -0.2) is 4.79 Å². The summed E-state index contributed by atoms with van der Waals surface area (Å²) in [6.45, 7) is 2.72. The number of halogens is 1. The van der Waals surface area contributed by atoms with E-state index < -0.39 is 5.97 Å². The molecule has 0 spiro atoms. The summed E-state index contributed by atoms with van der Waals surface area (Å²) in [5.74, 6) is 0.385. The average Bonchev–Trinajstić information content (AvgIpc) is 2.93. The number of nitrogens with zero attached hydrogens (tertiary/aromatic N) is 1. The fourth-order valence-corrected chi connectivity index (χ4v) is 4.00. The molecule has 1 aromatic carbocycles. The zero-order valence-electron chi connectivity index (χ0n) is 14.7. The molecular formula is C20H24ClNO3. The molecule has 1 fully saturated rings. The van der Waals surface area contributed by atoms with Crippen molar-refractivity contribution in [3.8, 4) is 17.0 Å². The predicted molar refractivity (Wildman–Crippen MR) is 99.7 cm³/mol. The summed E-state index contributed by atoms with van der Waals surface area (Å²) in [5, 5.41) is 10.2. The van der Waals surface area contributed by atoms with Gasteiger partial charge in [-0.3, -0.25) is 0 Å². The van der Waals surface area contributed by atoms with Crippen molar-refractivity contribution in [2.45, 2.75) is 45.6 Å². The van der Waals surface area contributed by atoms with E-state index in [-0.39, 0.29) is 0 Å². The third-order valence-corrected chi connectivity index (χ3v) is 5.44. The molecule has 1 heterocycles. The highest BCUT2D eigenvalue weighted by atomic mass is 35.5. The molecule has 0 amide bonds. The van der Waals surface area contributed by atoms with E-state index in [1.165, 1.54) is 32.1 Å². The minimum absolute atomic E-state index is 0.341. The van der Waals surface area contributed by atoms with Crippen LogP contribution in [0.25, 0.3) is 11.3 Å². The normalized spacial score (nSPS) is 15.3. The van der Waals surface area contributed by atoms with E-state index in [1.807, 2.05) is 19.1 Å². The van der Waals surface area contributed by atoms with Gasteiger partial charge in [-0.1, -0.05) is 30.9 Å². The van der Waals surface area contributed by atoms with Gasteiger partial charge in [-0.05, 0) is 49.9 Å². The Hall–Kier alpha value is -1.94. The van der Waals surface area contributed by atoms with E-state index in [4.69, 9.17) is 16.3 Å². The summed E-state index contributed by atoms with van der Waals surface area (Å²) in [6, 6.07) is 7.20. The molecule has 1 aliphatic carbocycles. The molecule has 0 unspecified atom stereocenters. The lowest BCUT2D eigenvalue weighted by atomic mass is 9.89. The number of carboxylic acid groups (broad SMARTS) is 1. The van der Waals surface area contributed by atoms with Crippen LogP contribution >= 0.6 is 11.6 Å². The molecule has 0 saturated heterocycles. The Labute approximate surface area is 153 Å². The molecule has 134 valence electrons. The molecule has 1 aromatic heterocycles. The van der Waals surface area contributed by atoms with Crippen molar-refractivity contribution < 1.29 is 14.6 Å². The highest BCUT2D eigenvalue weighted by Gasteiger charge is 2.23. The van der Waals surface area contributed by atoms with Crippen LogP contribution in [-0.2, 0) is 6.54 Å². The van der Waals surface area contributed by atoms with Gasteiger partial charge in [0.15, 0.2) is 0 Å². The van der Waals surface area contributed by atoms with Crippen LogP contribution in [0.15, 0.2) is 24.3 Å². The van der Waals surface area contributed by atoms with Gasteiger partial charge in [0.25, 0.3) is 0 Å². The predicted octanol–water partition coefficient (Wildman–Crippen LogP) is 5.40. The minimum Gasteiger partial charge on any atom is -0.496 e. The quantitative estimate of drug-likeness (QED) is 0.775. The monoisotopic (exact) mass is 361 g/mol. The van der Waals surface area contributed by atoms with Gasteiger partial charge >= 0.3 is 5.97 Å². The Morgan fingerprint density at radius 1 is 1.28 bits per heavy atom. The van der Waals surface area contributed by atoms with Crippen LogP contribution in [-0.4, -0.2) is 22.8 Å². The van der Waals surface area contributed by atoms with Crippen LogP contribution in [0.5, 0.6) is 5.75 Å². The summed E-state index contributed by atoms with van der Waals surface area (Å²) in [4.78, 5) is 11.7. The molecule has 0 aliphatic heterocycles. The summed E-state index contributed by atoms with van der Waals surface area (Å²) >= 11 is 6.20. The second-order valence-electron chi connectivity index (χ2n) is 6.79. The number of rotatable bonds is 5. The molecule has 0 bridgehead atoms. The van der Waals surface area contributed by atoms with Gasteiger partial charge in [-0.2, -0.15) is 0 Å². The zero-order chi connectivity index (χ0) is 18.0. The van der Waals surface area contributed by atoms with Crippen molar-refractivity contribution in [2.24, 2.45) is 5.92 Å². The van der Waals surface area contributed by atoms with Gasteiger partial charge in [0, 0.05) is 22.8 Å². The van der Waals surface area contributed by atoms with E-state index in [0.717, 1.165) is 23.5 Å². The SMILES string of the molecule is COc1ccc(Cl)cc1-c1cc(C(=O)O)c(C)n1CC1CCCCC1. The first-order valence-corrected chi connectivity index (χ1v) is 9.16. The van der Waals surface area contributed by atoms with Crippen molar-refractivity contribution >= 4 is 17.6 Å². The third-order valence-electron chi connectivity index (χ3n) is 5.20. The van der Waals surface area contributed by atoms with Gasteiger partial charge < -0.3 is 14.4 Å². The number of aromatic carboxylic acids is 1. The van der Waals surface area contributed by atoms with E-state index in [1.54, 1.807) is 19.2 Å². The first kappa shape index (κ1) is 17.9. The summed E-state index contributed by atoms with van der Waals surface area (Å²) in [5.41, 5.74) is 2.82. The van der Waals surface area contributed by atoms with E-state index in [2.05, 4.69) is 4.57 Å². The first-order valence-electron chi connectivity index (χ1n) is 8.78. The largest absolute Gasteiger partial charge is 0.496 e. The summed E-state index contributed by atoms with van der Waals surface area (Å²) < 4.78 is 7.62. The maximum absolute atomic E-state index is 11.7. The third kappa shape index (κ3) is 3.69. The maximum Gasteiger partial charge on any atom is 0.337 e. The number of carboxylic acids is 1. The number of benzene rings is 1. The van der Waals surface area contributed by atoms with Crippen LogP contribution in [0.4, 0.5) is 0 Å². The second kappa shape index (κ2) is 7.52. The van der Waals surface area contributed by atoms with Crippen molar-refractivity contribution in [2.75, 3.05) is 7.11 Å². The van der Waals surface area contributed by atoms with Gasteiger partial charge in [-0.15, -0.1) is 0 Å². The number of methoxy groups -OCH3 is 1. The van der Waals surface area contributed by atoms with E-state index >= 15 is 0 Å². The first-order chi connectivity index (χ1) is 12.0. The Morgan fingerprint density at radius 3 is 2.64 bits per heavy atom. The summed E-state index contributed by atoms with van der Waals surface area (Å²) in [6.07, 6.45) is 6.22. The van der Waals surface area contributed by atoms with Crippen LogP contribution in [0.2, 0.25) is 5.02 Å². The molecule has 0 radical (unpaired) electrons. The molecule has 5 heteroatoms. The standard InChI is InChI=1S/C20H24ClNO3/c1-13-16(20(23)24)11-18(17-10-15(21)8-9-19(17)25-2)22(13)12-14-6-4-3-5-7-14/h8-11,14H,3-7,12H2,1-2H3,(H,23,24). The maximum atomic E-state index is 11.7. The fraction of sp³-hybridized carbons (Fsp3) is 0.450. The van der Waals surface area contributed by atoms with Crippen LogP contribution in [0.1, 0.15) is 48.2 Å². The van der Waals surface area contributed by atoms with Crippen molar-refractivity contribution in [3.63, 3.8) is 0 Å². The number of hydrogen-bond donors (Lipinski definition) is 1. The fourth-order valence-electron chi connectivity index (χ4n) is 3.83. The molecule has 4 nitrogen and oxygen atoms in total. The lowest BCUT2D eigenvalue weighted by Gasteiger charge is -2.24. The topological polar surface area (TPSA) is 51.5 Å². The highest BCUT2D eigenvalue weighted by Crippen LogP contribution is 2.37. The molecule has 1 saturated carbocycles. The molecule has 25 heavy (non-hydrogen) atoms. The Morgan fingerprint density at radius 2 is 2.00 bits per heavy atom. The molecule has 2 aromatic rings. The van der Waals surface area contributed by atoms with Gasteiger partial charge in [0.2, 0.25) is 0 Å². The average molecular weight is 362 g/mol. The Bertz CT molecular complexity index is 775. The smallest absolute Gasteiger partial charge is 0.337 e. The van der Waals surface area contributed by atoms with Crippen LogP contribution in [0, 0.1) is 12.8 Å². The molecule has 3 rings (SSSR count). The molecule has 1 aliphatic rings.